The Morgan fingerprint density at radius 2 is 1.20 bits per heavy atom. The Kier molecular flexibility index (Phi) is 18.1. The van der Waals surface area contributed by atoms with Crippen molar-refractivity contribution in [3.8, 4) is 0 Å². The van der Waals surface area contributed by atoms with Crippen LogP contribution in [0.2, 0.25) is 0 Å². The molecule has 7 amide bonds. The Bertz CT molecular complexity index is 1700. The van der Waals surface area contributed by atoms with Gasteiger partial charge in [-0.2, -0.15) is 12.6 Å². The van der Waals surface area contributed by atoms with E-state index < -0.39 is 102 Å². The predicted molar refractivity (Wildman–Crippen MR) is 208 cm³/mol. The molecule has 2 aromatic rings. The van der Waals surface area contributed by atoms with E-state index >= 15 is 0 Å². The second-order valence-corrected chi connectivity index (χ2v) is 14.5. The van der Waals surface area contributed by atoms with Crippen LogP contribution in [-0.2, 0) is 44.8 Å². The van der Waals surface area contributed by atoms with Gasteiger partial charge in [-0.3, -0.25) is 33.6 Å². The van der Waals surface area contributed by atoms with Crippen LogP contribution in [0.1, 0.15) is 73.3 Å². The van der Waals surface area contributed by atoms with Crippen LogP contribution in [0.25, 0.3) is 10.9 Å². The van der Waals surface area contributed by atoms with E-state index in [9.17, 15) is 43.5 Å². The van der Waals surface area contributed by atoms with Gasteiger partial charge in [0.05, 0.1) is 6.42 Å². The predicted octanol–water partition coefficient (Wildman–Crippen LogP) is 0.277. The molecule has 10 N–H and O–H groups in total. The number of hydrogen-bond acceptors (Lipinski definition) is 9. The van der Waals surface area contributed by atoms with Crippen molar-refractivity contribution in [2.24, 2.45) is 23.5 Å². The molecule has 55 heavy (non-hydrogen) atoms. The molecule has 0 bridgehead atoms. The number of nitrogens with one attached hydrogen (secondary N) is 7. The maximum Gasteiger partial charge on any atom is 0.326 e. The molecule has 1 aromatic heterocycles. The van der Waals surface area contributed by atoms with Gasteiger partial charge >= 0.3 is 5.97 Å². The number of carboxylic acids is 1. The van der Waals surface area contributed by atoms with Gasteiger partial charge in [0.2, 0.25) is 41.4 Å². The number of thiol groups is 1. The van der Waals surface area contributed by atoms with E-state index in [1.165, 1.54) is 6.92 Å². The van der Waals surface area contributed by atoms with E-state index in [-0.39, 0.29) is 18.1 Å². The third kappa shape index (κ3) is 13.6. The zero-order chi connectivity index (χ0) is 41.6. The van der Waals surface area contributed by atoms with Crippen molar-refractivity contribution in [2.75, 3.05) is 5.75 Å². The molecule has 2 rings (SSSR count). The maximum absolute atomic E-state index is 14.1. The first-order valence-electron chi connectivity index (χ1n) is 18.3. The van der Waals surface area contributed by atoms with Crippen LogP contribution >= 0.6 is 12.6 Å². The van der Waals surface area contributed by atoms with E-state index in [0.29, 0.717) is 18.4 Å². The van der Waals surface area contributed by atoms with Crippen molar-refractivity contribution < 1.29 is 43.5 Å². The van der Waals surface area contributed by atoms with Gasteiger partial charge in [-0.15, -0.1) is 0 Å². The average molecular weight is 789 g/mol. The summed E-state index contributed by atoms with van der Waals surface area (Å²) in [5.41, 5.74) is 6.58. The molecule has 0 saturated carbocycles. The number of aromatic nitrogens is 1. The standard InChI is InChI=1S/C37H56N8O9S/c1-8-19(5)30(40-21(7)46)36(52)45-31(20(6)9-2)35(51)41-25(14-22-16-39-24-13-11-10-12-23(22)24)32(48)43-27(17-55)33(49)44-29(18(3)4)34(50)42-26(37(53)54)15-28(38)47/h10-13,16,18-20,25-27,29-31,39,55H,8-9,14-15,17H2,1-7H3,(H2,38,47)(H,40,46)(H,41,51)(H,42,50)(H,43,48)(H,44,49)(H,45,52)(H,53,54)/t19?,20?,25-,26-,27-,29-,30-,31-/m0/s1. The number of carbonyl (C=O) groups excluding carboxylic acids is 7. The van der Waals surface area contributed by atoms with Gasteiger partial charge in [0, 0.05) is 36.2 Å². The number of para-hydroxylation sites is 1. The Hall–Kier alpha value is -5.13. The highest BCUT2D eigenvalue weighted by Gasteiger charge is 2.36. The molecule has 0 radical (unpaired) electrons. The monoisotopic (exact) mass is 788 g/mol. The quantitative estimate of drug-likeness (QED) is 0.0733. The summed E-state index contributed by atoms with van der Waals surface area (Å²) in [5.74, 6) is -7.99. The van der Waals surface area contributed by atoms with Crippen molar-refractivity contribution in [3.05, 3.63) is 36.0 Å². The van der Waals surface area contributed by atoms with E-state index in [2.05, 4.69) is 49.5 Å². The van der Waals surface area contributed by atoms with Gasteiger partial charge in [0.15, 0.2) is 0 Å². The summed E-state index contributed by atoms with van der Waals surface area (Å²) in [7, 11) is 0. The number of nitrogens with two attached hydrogens (primary N) is 1. The van der Waals surface area contributed by atoms with E-state index in [0.717, 1.165) is 10.9 Å². The molecule has 0 saturated heterocycles. The molecule has 2 unspecified atom stereocenters. The molecule has 304 valence electrons. The third-order valence-electron chi connectivity index (χ3n) is 9.46. The second-order valence-electron chi connectivity index (χ2n) is 14.1. The van der Waals surface area contributed by atoms with Crippen molar-refractivity contribution in [1.29, 1.82) is 0 Å². The summed E-state index contributed by atoms with van der Waals surface area (Å²) in [6.07, 6.45) is 2.05. The van der Waals surface area contributed by atoms with Crippen LogP contribution in [0, 0.1) is 17.8 Å². The molecule has 18 heteroatoms. The molecular formula is C37H56N8O9S. The largest absolute Gasteiger partial charge is 0.480 e. The van der Waals surface area contributed by atoms with E-state index in [1.807, 2.05) is 38.1 Å². The van der Waals surface area contributed by atoms with E-state index in [4.69, 9.17) is 5.73 Å². The van der Waals surface area contributed by atoms with Gasteiger partial charge in [-0.25, -0.2) is 4.79 Å². The third-order valence-corrected chi connectivity index (χ3v) is 9.83. The summed E-state index contributed by atoms with van der Waals surface area (Å²) in [6.45, 7) is 11.8. The number of aliphatic carboxylic acids is 1. The highest BCUT2D eigenvalue weighted by Crippen LogP contribution is 2.20. The van der Waals surface area contributed by atoms with Crippen LogP contribution < -0.4 is 37.6 Å². The molecular weight excluding hydrogens is 733 g/mol. The lowest BCUT2D eigenvalue weighted by Gasteiger charge is -2.30. The lowest BCUT2D eigenvalue weighted by Crippen LogP contribution is -2.61. The normalized spacial score (nSPS) is 15.6. The number of hydrogen-bond donors (Lipinski definition) is 10. The van der Waals surface area contributed by atoms with Crippen LogP contribution in [0.5, 0.6) is 0 Å². The van der Waals surface area contributed by atoms with Gasteiger partial charge in [-0.05, 0) is 29.4 Å². The number of benzene rings is 1. The van der Waals surface area contributed by atoms with E-state index in [1.54, 1.807) is 33.9 Å². The first-order chi connectivity index (χ1) is 25.8. The fourth-order valence-corrected chi connectivity index (χ4v) is 6.03. The number of H-pyrrole nitrogens is 1. The lowest BCUT2D eigenvalue weighted by molar-refractivity contribution is -0.144. The van der Waals surface area contributed by atoms with Crippen LogP contribution in [0.15, 0.2) is 30.5 Å². The molecule has 0 aliphatic heterocycles. The van der Waals surface area contributed by atoms with Gasteiger partial charge in [-0.1, -0.05) is 72.6 Å². The summed E-state index contributed by atoms with van der Waals surface area (Å²) >= 11 is 4.25. The zero-order valence-corrected chi connectivity index (χ0v) is 33.3. The lowest BCUT2D eigenvalue weighted by atomic mass is 9.94. The highest BCUT2D eigenvalue weighted by molar-refractivity contribution is 7.80. The minimum absolute atomic E-state index is 0.0292. The van der Waals surface area contributed by atoms with Crippen molar-refractivity contribution in [3.63, 3.8) is 0 Å². The van der Waals surface area contributed by atoms with Crippen LogP contribution in [0.4, 0.5) is 0 Å². The average Bonchev–Trinajstić information content (AvgIpc) is 3.54. The van der Waals surface area contributed by atoms with Crippen molar-refractivity contribution in [2.45, 2.75) is 110 Å². The number of aromatic amines is 1. The number of fused-ring (bicyclic) bond motifs is 1. The highest BCUT2D eigenvalue weighted by atomic mass is 32.1. The molecule has 1 heterocycles. The number of amides is 7. The van der Waals surface area contributed by atoms with Crippen LogP contribution in [-0.4, -0.2) is 99.4 Å². The zero-order valence-electron chi connectivity index (χ0n) is 32.4. The summed E-state index contributed by atoms with van der Waals surface area (Å²) in [4.78, 5) is 106. The van der Waals surface area contributed by atoms with Crippen LogP contribution in [0.3, 0.4) is 0 Å². The molecule has 0 aliphatic carbocycles. The van der Waals surface area contributed by atoms with Gasteiger partial charge in [0.1, 0.15) is 36.3 Å². The minimum atomic E-state index is -1.63. The molecule has 8 atom stereocenters. The smallest absolute Gasteiger partial charge is 0.326 e. The maximum atomic E-state index is 14.1. The first kappa shape index (κ1) is 46.0. The summed E-state index contributed by atoms with van der Waals surface area (Å²) in [6, 6.07) is -0.177. The number of primary amides is 1. The Morgan fingerprint density at radius 1 is 0.709 bits per heavy atom. The Labute approximate surface area is 326 Å². The first-order valence-corrected chi connectivity index (χ1v) is 18.9. The number of carbonyl (C=O) groups is 8. The summed E-state index contributed by atoms with van der Waals surface area (Å²) < 4.78 is 0. The topological polar surface area (TPSA) is 271 Å². The SMILES string of the molecule is CCC(C)[C@H](NC(C)=O)C(=O)N[C@H](C(=O)N[C@@H](Cc1c[nH]c2ccccc12)C(=O)N[C@@H](CS)C(=O)N[C@H](C(=O)N[C@@H](CC(N)=O)C(=O)O)C(C)C)C(C)CC. The van der Waals surface area contributed by atoms with Gasteiger partial charge in [0.25, 0.3) is 0 Å². The summed E-state index contributed by atoms with van der Waals surface area (Å²) in [5, 5.41) is 25.8. The fraction of sp³-hybridized carbons (Fsp3) is 0.568. The molecule has 17 nitrogen and oxygen atoms in total. The number of rotatable bonds is 22. The van der Waals surface area contributed by atoms with Gasteiger partial charge < -0.3 is 47.7 Å². The Morgan fingerprint density at radius 3 is 1.73 bits per heavy atom. The number of carboxylic acid groups (broad SMARTS) is 1. The minimum Gasteiger partial charge on any atom is -0.480 e. The Balaban J connectivity index is 2.41. The van der Waals surface area contributed by atoms with Crippen molar-refractivity contribution >= 4 is 70.9 Å². The molecule has 0 spiro atoms. The second kappa shape index (κ2) is 21.7. The molecule has 0 fully saturated rings. The fourth-order valence-electron chi connectivity index (χ4n) is 5.78. The molecule has 1 aromatic carbocycles. The van der Waals surface area contributed by atoms with Crippen molar-refractivity contribution in [1.82, 2.24) is 36.9 Å². The molecule has 0 aliphatic rings.